The van der Waals surface area contributed by atoms with Gasteiger partial charge in [-0.15, -0.1) is 0 Å². The largest absolute Gasteiger partial charge is 0.483 e. The number of hydrogen-bond donors (Lipinski definition) is 1. The van der Waals surface area contributed by atoms with Gasteiger partial charge >= 0.3 is 0 Å². The van der Waals surface area contributed by atoms with Crippen LogP contribution in [0.25, 0.3) is 0 Å². The lowest BCUT2D eigenvalue weighted by molar-refractivity contribution is -0.123. The highest BCUT2D eigenvalue weighted by atomic mass is 16.5. The zero-order valence-corrected chi connectivity index (χ0v) is 12.4. The molecule has 1 saturated carbocycles. The van der Waals surface area contributed by atoms with E-state index in [4.69, 9.17) is 4.74 Å². The summed E-state index contributed by atoms with van der Waals surface area (Å²) in [5.74, 6) is 1.70. The van der Waals surface area contributed by atoms with Gasteiger partial charge in [0.25, 0.3) is 5.91 Å². The number of amides is 1. The standard InChI is InChI=1S/C17H20N2O2/c1-11-6-7-12(2)16(8-11)21-10-17(20)19-18-15-9-13-4-3-5-14(13)15/h3-4,6-8,13-14H,5,9-10H2,1-2H3,(H,19,20)/b18-15-/t13-,14-/m1/s1. The lowest BCUT2D eigenvalue weighted by Crippen LogP contribution is -2.36. The third-order valence-electron chi connectivity index (χ3n) is 4.19. The maximum atomic E-state index is 11.8. The normalized spacial score (nSPS) is 24.6. The monoisotopic (exact) mass is 284 g/mol. The van der Waals surface area contributed by atoms with Crippen molar-refractivity contribution in [3.63, 3.8) is 0 Å². The summed E-state index contributed by atoms with van der Waals surface area (Å²) in [6.45, 7) is 3.96. The zero-order valence-electron chi connectivity index (χ0n) is 12.4. The van der Waals surface area contributed by atoms with Crippen LogP contribution in [0.3, 0.4) is 0 Å². The van der Waals surface area contributed by atoms with Crippen LogP contribution in [0.15, 0.2) is 35.5 Å². The zero-order chi connectivity index (χ0) is 14.8. The maximum absolute atomic E-state index is 11.8. The van der Waals surface area contributed by atoms with E-state index in [1.165, 1.54) is 0 Å². The number of nitrogens with zero attached hydrogens (tertiary/aromatic N) is 1. The summed E-state index contributed by atoms with van der Waals surface area (Å²) in [5, 5.41) is 4.22. The molecule has 110 valence electrons. The van der Waals surface area contributed by atoms with E-state index in [1.807, 2.05) is 32.0 Å². The minimum Gasteiger partial charge on any atom is -0.483 e. The molecule has 1 aromatic rings. The Morgan fingerprint density at radius 3 is 3.10 bits per heavy atom. The van der Waals surface area contributed by atoms with Gasteiger partial charge in [0.2, 0.25) is 0 Å². The van der Waals surface area contributed by atoms with Crippen LogP contribution in [-0.4, -0.2) is 18.2 Å². The van der Waals surface area contributed by atoms with Crippen LogP contribution >= 0.6 is 0 Å². The van der Waals surface area contributed by atoms with Gasteiger partial charge in [0.15, 0.2) is 6.61 Å². The third kappa shape index (κ3) is 2.99. The van der Waals surface area contributed by atoms with Crippen molar-refractivity contribution in [1.29, 1.82) is 0 Å². The molecule has 0 spiro atoms. The molecule has 0 aliphatic heterocycles. The Morgan fingerprint density at radius 2 is 2.29 bits per heavy atom. The number of aryl methyl sites for hydroxylation is 2. The van der Waals surface area contributed by atoms with E-state index in [2.05, 4.69) is 22.7 Å². The van der Waals surface area contributed by atoms with Gasteiger partial charge in [-0.1, -0.05) is 24.3 Å². The molecule has 1 fully saturated rings. The molecule has 0 unspecified atom stereocenters. The first-order chi connectivity index (χ1) is 10.1. The van der Waals surface area contributed by atoms with E-state index in [-0.39, 0.29) is 12.5 Å². The molecule has 21 heavy (non-hydrogen) atoms. The van der Waals surface area contributed by atoms with E-state index < -0.39 is 0 Å². The number of carbonyl (C=O) groups is 1. The second-order valence-corrected chi connectivity index (χ2v) is 5.83. The molecule has 1 N–H and O–H groups in total. The smallest absolute Gasteiger partial charge is 0.277 e. The van der Waals surface area contributed by atoms with Crippen LogP contribution in [0, 0.1) is 25.7 Å². The second-order valence-electron chi connectivity index (χ2n) is 5.83. The number of hydrazone groups is 1. The van der Waals surface area contributed by atoms with E-state index in [0.717, 1.165) is 35.4 Å². The predicted molar refractivity (Wildman–Crippen MR) is 82.3 cm³/mol. The number of rotatable bonds is 4. The first-order valence-corrected chi connectivity index (χ1v) is 7.35. The minimum absolute atomic E-state index is 0.00653. The van der Waals surface area contributed by atoms with Crippen LogP contribution < -0.4 is 10.2 Å². The van der Waals surface area contributed by atoms with E-state index >= 15 is 0 Å². The molecule has 3 rings (SSSR count). The Hall–Kier alpha value is -2.10. The van der Waals surface area contributed by atoms with Crippen molar-refractivity contribution in [3.8, 4) is 5.75 Å². The van der Waals surface area contributed by atoms with Crippen LogP contribution in [0.2, 0.25) is 0 Å². The number of fused-ring (bicyclic) bond motifs is 1. The molecule has 1 aromatic carbocycles. The minimum atomic E-state index is -0.210. The van der Waals surface area contributed by atoms with Crippen LogP contribution in [-0.2, 0) is 4.79 Å². The molecule has 1 amide bonds. The molecule has 4 heteroatoms. The molecular formula is C17H20N2O2. The molecule has 0 bridgehead atoms. The summed E-state index contributed by atoms with van der Waals surface area (Å²) in [6, 6.07) is 5.95. The molecule has 0 saturated heterocycles. The van der Waals surface area contributed by atoms with Gasteiger partial charge in [0.05, 0.1) is 0 Å². The lowest BCUT2D eigenvalue weighted by atomic mass is 9.74. The molecule has 0 heterocycles. The van der Waals surface area contributed by atoms with Crippen molar-refractivity contribution in [2.75, 3.05) is 6.61 Å². The molecule has 0 radical (unpaired) electrons. The second kappa shape index (κ2) is 5.72. The van der Waals surface area contributed by atoms with Gasteiger partial charge in [-0.3, -0.25) is 4.79 Å². The summed E-state index contributed by atoms with van der Waals surface area (Å²) in [4.78, 5) is 11.8. The summed E-state index contributed by atoms with van der Waals surface area (Å²) >= 11 is 0. The molecular weight excluding hydrogens is 264 g/mol. The highest BCUT2D eigenvalue weighted by molar-refractivity contribution is 5.94. The van der Waals surface area contributed by atoms with Crippen LogP contribution in [0.5, 0.6) is 5.75 Å². The van der Waals surface area contributed by atoms with Gasteiger partial charge in [0, 0.05) is 11.6 Å². The predicted octanol–water partition coefficient (Wildman–Crippen LogP) is 2.75. The molecule has 0 aromatic heterocycles. The van der Waals surface area contributed by atoms with E-state index in [9.17, 15) is 4.79 Å². The summed E-state index contributed by atoms with van der Waals surface area (Å²) in [5.41, 5.74) is 5.84. The van der Waals surface area contributed by atoms with Gasteiger partial charge < -0.3 is 4.74 Å². The first kappa shape index (κ1) is 13.9. The van der Waals surface area contributed by atoms with Gasteiger partial charge in [-0.25, -0.2) is 5.43 Å². The number of carbonyl (C=O) groups excluding carboxylic acids is 1. The third-order valence-corrected chi connectivity index (χ3v) is 4.19. The lowest BCUT2D eigenvalue weighted by Gasteiger charge is -2.31. The van der Waals surface area contributed by atoms with Gasteiger partial charge in [-0.2, -0.15) is 5.10 Å². The number of benzene rings is 1. The Kier molecular flexibility index (Phi) is 3.78. The molecule has 2 aliphatic carbocycles. The average molecular weight is 284 g/mol. The van der Waals surface area contributed by atoms with Crippen molar-refractivity contribution >= 4 is 11.6 Å². The molecule has 2 aliphatic rings. The fraction of sp³-hybridized carbons (Fsp3) is 0.412. The maximum Gasteiger partial charge on any atom is 0.277 e. The topological polar surface area (TPSA) is 50.7 Å². The van der Waals surface area contributed by atoms with Crippen molar-refractivity contribution in [2.24, 2.45) is 16.9 Å². The summed E-state index contributed by atoms with van der Waals surface area (Å²) < 4.78 is 5.56. The Balaban J connectivity index is 1.49. The van der Waals surface area contributed by atoms with Crippen LogP contribution in [0.4, 0.5) is 0 Å². The number of ether oxygens (including phenoxy) is 1. The van der Waals surface area contributed by atoms with Crippen LogP contribution in [0.1, 0.15) is 24.0 Å². The van der Waals surface area contributed by atoms with Crippen molar-refractivity contribution in [1.82, 2.24) is 5.43 Å². The average Bonchev–Trinajstić information content (AvgIpc) is 2.81. The van der Waals surface area contributed by atoms with Crippen molar-refractivity contribution in [2.45, 2.75) is 26.7 Å². The summed E-state index contributed by atoms with van der Waals surface area (Å²) in [6.07, 6.45) is 6.47. The Bertz CT molecular complexity index is 619. The molecule has 4 nitrogen and oxygen atoms in total. The first-order valence-electron chi connectivity index (χ1n) is 7.35. The van der Waals surface area contributed by atoms with Crippen molar-refractivity contribution < 1.29 is 9.53 Å². The fourth-order valence-electron chi connectivity index (χ4n) is 2.84. The van der Waals surface area contributed by atoms with Gasteiger partial charge in [-0.05, 0) is 49.8 Å². The quantitative estimate of drug-likeness (QED) is 0.682. The van der Waals surface area contributed by atoms with E-state index in [1.54, 1.807) is 0 Å². The van der Waals surface area contributed by atoms with E-state index in [0.29, 0.717) is 11.8 Å². The molecule has 2 atom stereocenters. The number of nitrogens with one attached hydrogen (secondary N) is 1. The summed E-state index contributed by atoms with van der Waals surface area (Å²) in [7, 11) is 0. The highest BCUT2D eigenvalue weighted by Gasteiger charge is 2.37. The Labute approximate surface area is 124 Å². The highest BCUT2D eigenvalue weighted by Crippen LogP contribution is 2.39. The number of allylic oxidation sites excluding steroid dienone is 2. The van der Waals surface area contributed by atoms with Gasteiger partial charge in [0.1, 0.15) is 5.75 Å². The number of hydrogen-bond acceptors (Lipinski definition) is 3. The van der Waals surface area contributed by atoms with Crippen molar-refractivity contribution in [3.05, 3.63) is 41.5 Å². The Morgan fingerprint density at radius 1 is 1.43 bits per heavy atom. The fourth-order valence-corrected chi connectivity index (χ4v) is 2.84. The SMILES string of the molecule is Cc1ccc(C)c(OCC(=O)N/N=C2/C[C@H]3C=CC[C@@H]23)c1.